The third-order valence-electron chi connectivity index (χ3n) is 5.57. The van der Waals surface area contributed by atoms with Crippen LogP contribution in [0.15, 0.2) is 35.5 Å². The number of allylic oxidation sites excluding steroid dienone is 1. The number of nitrogens with zero attached hydrogens (tertiary/aromatic N) is 3. The Morgan fingerprint density at radius 2 is 1.77 bits per heavy atom. The highest BCUT2D eigenvalue weighted by atomic mass is 19.4. The maximum Gasteiger partial charge on any atom is 0.416 e. The van der Waals surface area contributed by atoms with E-state index in [1.807, 2.05) is 0 Å². The van der Waals surface area contributed by atoms with E-state index < -0.39 is 40.7 Å². The lowest BCUT2D eigenvalue weighted by atomic mass is 9.70. The second kappa shape index (κ2) is 8.59. The van der Waals surface area contributed by atoms with Crippen molar-refractivity contribution in [2.45, 2.75) is 44.5 Å². The number of halogens is 6. The molecule has 164 valence electrons. The van der Waals surface area contributed by atoms with Crippen LogP contribution in [0.1, 0.15) is 42.4 Å². The molecule has 1 amide bonds. The SMILES string of the molecule is C=C1CCC(CCCN=[N+]=[N-])(C(N)=O)C1Cc1cc(C(F)(F)F)cc(C(F)(F)F)c1. The van der Waals surface area contributed by atoms with Gasteiger partial charge in [-0.25, -0.2) is 0 Å². The molecule has 11 heteroatoms. The van der Waals surface area contributed by atoms with E-state index in [1.54, 1.807) is 0 Å². The monoisotopic (exact) mass is 434 g/mol. The Morgan fingerprint density at radius 3 is 2.23 bits per heavy atom. The number of azide groups is 1. The zero-order chi connectivity index (χ0) is 22.7. The van der Waals surface area contributed by atoms with E-state index in [1.165, 1.54) is 0 Å². The fourth-order valence-electron chi connectivity index (χ4n) is 4.06. The minimum absolute atomic E-state index is 0.0637. The predicted octanol–water partition coefficient (Wildman–Crippen LogP) is 5.80. The van der Waals surface area contributed by atoms with Crippen molar-refractivity contribution in [1.29, 1.82) is 0 Å². The topological polar surface area (TPSA) is 91.8 Å². The number of primary amides is 1. The molecule has 2 N–H and O–H groups in total. The molecule has 2 unspecified atom stereocenters. The van der Waals surface area contributed by atoms with Crippen molar-refractivity contribution in [3.8, 4) is 0 Å². The molecular formula is C19H20F6N4O. The van der Waals surface area contributed by atoms with Crippen LogP contribution in [0.3, 0.4) is 0 Å². The van der Waals surface area contributed by atoms with Crippen molar-refractivity contribution in [2.24, 2.45) is 22.2 Å². The molecule has 1 aromatic rings. The standard InChI is InChI=1S/C19H20F6N4O/c1-11-3-5-17(16(26)30,4-2-6-28-29-27)15(11)9-12-7-13(18(20,21)22)10-14(8-12)19(23,24)25/h7-8,10,15H,1-6,9H2,(H2,26,30). The summed E-state index contributed by atoms with van der Waals surface area (Å²) in [7, 11) is 0. The van der Waals surface area contributed by atoms with Gasteiger partial charge >= 0.3 is 12.4 Å². The van der Waals surface area contributed by atoms with E-state index in [-0.39, 0.29) is 37.4 Å². The number of hydrogen-bond acceptors (Lipinski definition) is 2. The molecule has 2 atom stereocenters. The first-order valence-corrected chi connectivity index (χ1v) is 9.08. The van der Waals surface area contributed by atoms with Gasteiger partial charge in [0.15, 0.2) is 0 Å². The highest BCUT2D eigenvalue weighted by Crippen LogP contribution is 2.51. The summed E-state index contributed by atoms with van der Waals surface area (Å²) in [4.78, 5) is 14.9. The van der Waals surface area contributed by atoms with Crippen LogP contribution in [0, 0.1) is 11.3 Å². The Morgan fingerprint density at radius 1 is 1.20 bits per heavy atom. The van der Waals surface area contributed by atoms with Crippen LogP contribution in [0.5, 0.6) is 0 Å². The fraction of sp³-hybridized carbons (Fsp3) is 0.526. The van der Waals surface area contributed by atoms with Crippen molar-refractivity contribution >= 4 is 5.91 Å². The lowest BCUT2D eigenvalue weighted by Gasteiger charge is -2.33. The van der Waals surface area contributed by atoms with Gasteiger partial charge in [0.25, 0.3) is 0 Å². The van der Waals surface area contributed by atoms with Gasteiger partial charge in [0.2, 0.25) is 5.91 Å². The molecule has 0 spiro atoms. The van der Waals surface area contributed by atoms with Gasteiger partial charge in [-0.15, -0.1) is 0 Å². The molecule has 1 fully saturated rings. The van der Waals surface area contributed by atoms with Gasteiger partial charge in [-0.05, 0) is 67.3 Å². The first kappa shape index (κ1) is 23.6. The average molecular weight is 434 g/mol. The van der Waals surface area contributed by atoms with Gasteiger partial charge in [-0.2, -0.15) is 26.3 Å². The molecule has 0 saturated heterocycles. The largest absolute Gasteiger partial charge is 0.416 e. The van der Waals surface area contributed by atoms with Crippen molar-refractivity contribution in [3.63, 3.8) is 0 Å². The summed E-state index contributed by atoms with van der Waals surface area (Å²) in [6, 6.07) is 1.38. The molecular weight excluding hydrogens is 414 g/mol. The van der Waals surface area contributed by atoms with E-state index in [2.05, 4.69) is 16.6 Å². The number of nitrogens with two attached hydrogens (primary N) is 1. The number of benzene rings is 1. The van der Waals surface area contributed by atoms with E-state index in [9.17, 15) is 31.1 Å². The minimum atomic E-state index is -4.96. The quantitative estimate of drug-likeness (QED) is 0.144. The highest BCUT2D eigenvalue weighted by Gasteiger charge is 2.49. The van der Waals surface area contributed by atoms with Crippen molar-refractivity contribution in [1.82, 2.24) is 0 Å². The van der Waals surface area contributed by atoms with Crippen molar-refractivity contribution < 1.29 is 31.1 Å². The molecule has 30 heavy (non-hydrogen) atoms. The second-order valence-corrected chi connectivity index (χ2v) is 7.41. The first-order valence-electron chi connectivity index (χ1n) is 9.08. The first-order chi connectivity index (χ1) is 13.8. The normalized spacial score (nSPS) is 22.1. The minimum Gasteiger partial charge on any atom is -0.369 e. The molecule has 0 aliphatic heterocycles. The Balaban J connectivity index is 2.45. The predicted molar refractivity (Wildman–Crippen MR) is 96.9 cm³/mol. The molecule has 2 rings (SSSR count). The van der Waals surface area contributed by atoms with Gasteiger partial charge in [0.05, 0.1) is 16.5 Å². The zero-order valence-corrected chi connectivity index (χ0v) is 15.9. The summed E-state index contributed by atoms with van der Waals surface area (Å²) >= 11 is 0. The number of carbonyl (C=O) groups is 1. The van der Waals surface area contributed by atoms with Gasteiger partial charge in [0, 0.05) is 11.5 Å². The maximum atomic E-state index is 13.1. The molecule has 0 heterocycles. The summed E-state index contributed by atoms with van der Waals surface area (Å²) < 4.78 is 78.9. The van der Waals surface area contributed by atoms with Crippen molar-refractivity contribution in [2.75, 3.05) is 6.54 Å². The van der Waals surface area contributed by atoms with E-state index in [4.69, 9.17) is 11.3 Å². The number of amides is 1. The Labute approximate surface area is 168 Å². The van der Waals surface area contributed by atoms with E-state index >= 15 is 0 Å². The Hall–Kier alpha value is -2.68. The molecule has 1 aliphatic rings. The Kier molecular flexibility index (Phi) is 6.76. The second-order valence-electron chi connectivity index (χ2n) is 7.41. The average Bonchev–Trinajstić information content (AvgIpc) is 2.94. The van der Waals surface area contributed by atoms with Crippen LogP contribution in [0.25, 0.3) is 10.4 Å². The number of hydrogen-bond donors (Lipinski definition) is 1. The third kappa shape index (κ3) is 5.08. The van der Waals surface area contributed by atoms with Gasteiger partial charge in [-0.3, -0.25) is 4.79 Å². The van der Waals surface area contributed by atoms with Crippen LogP contribution >= 0.6 is 0 Å². The van der Waals surface area contributed by atoms with E-state index in [0.29, 0.717) is 30.5 Å². The number of alkyl halides is 6. The van der Waals surface area contributed by atoms with Gasteiger partial charge < -0.3 is 5.73 Å². The maximum absolute atomic E-state index is 13.1. The van der Waals surface area contributed by atoms with Crippen LogP contribution in [0.2, 0.25) is 0 Å². The van der Waals surface area contributed by atoms with Crippen LogP contribution in [-0.4, -0.2) is 12.5 Å². The summed E-state index contributed by atoms with van der Waals surface area (Å²) in [5.74, 6) is -1.42. The highest BCUT2D eigenvalue weighted by molar-refractivity contribution is 5.82. The summed E-state index contributed by atoms with van der Waals surface area (Å²) in [5.41, 5.74) is 10.3. The molecule has 1 aliphatic carbocycles. The summed E-state index contributed by atoms with van der Waals surface area (Å²) in [6.07, 6.45) is -9.01. The summed E-state index contributed by atoms with van der Waals surface area (Å²) in [6.45, 7) is 3.95. The van der Waals surface area contributed by atoms with Crippen LogP contribution in [0.4, 0.5) is 26.3 Å². The smallest absolute Gasteiger partial charge is 0.369 e. The lowest BCUT2D eigenvalue weighted by Crippen LogP contribution is -2.41. The molecule has 5 nitrogen and oxygen atoms in total. The molecule has 1 saturated carbocycles. The van der Waals surface area contributed by atoms with Gasteiger partial charge in [-0.1, -0.05) is 17.3 Å². The Bertz CT molecular complexity index is 841. The van der Waals surface area contributed by atoms with Crippen LogP contribution in [-0.2, 0) is 23.6 Å². The van der Waals surface area contributed by atoms with E-state index in [0.717, 1.165) is 0 Å². The molecule has 0 aromatic heterocycles. The molecule has 0 bridgehead atoms. The number of carbonyl (C=O) groups excluding carboxylic acids is 1. The lowest BCUT2D eigenvalue weighted by molar-refractivity contribution is -0.143. The fourth-order valence-corrected chi connectivity index (χ4v) is 4.06. The zero-order valence-electron chi connectivity index (χ0n) is 15.9. The number of rotatable bonds is 7. The third-order valence-corrected chi connectivity index (χ3v) is 5.57. The van der Waals surface area contributed by atoms with Crippen molar-refractivity contribution in [3.05, 3.63) is 57.5 Å². The summed E-state index contributed by atoms with van der Waals surface area (Å²) in [5, 5.41) is 3.38. The van der Waals surface area contributed by atoms with Crippen LogP contribution < -0.4 is 5.73 Å². The molecule has 0 radical (unpaired) electrons. The molecule has 1 aromatic carbocycles. The van der Waals surface area contributed by atoms with Gasteiger partial charge in [0.1, 0.15) is 0 Å².